The van der Waals surface area contributed by atoms with E-state index in [-0.39, 0.29) is 5.56 Å². The third-order valence-corrected chi connectivity index (χ3v) is 2.87. The number of nitrogens with zero attached hydrogens (tertiary/aromatic N) is 1. The van der Waals surface area contributed by atoms with Gasteiger partial charge >= 0.3 is 0 Å². The molecule has 0 aromatic carbocycles. The molecule has 1 aromatic heterocycles. The minimum absolute atomic E-state index is 0.119. The Morgan fingerprint density at radius 3 is 2.79 bits per heavy atom. The molecule has 0 amide bonds. The molecule has 0 spiro atoms. The summed E-state index contributed by atoms with van der Waals surface area (Å²) in [6.07, 6.45) is 2.96. The van der Waals surface area contributed by atoms with E-state index < -0.39 is 0 Å². The molecular weight excluding hydrogens is 242 g/mol. The van der Waals surface area contributed by atoms with Crippen molar-refractivity contribution in [2.24, 2.45) is 5.92 Å². The van der Waals surface area contributed by atoms with Gasteiger partial charge in [0.1, 0.15) is 0 Å². The highest BCUT2D eigenvalue weighted by Crippen LogP contribution is 2.10. The fourth-order valence-corrected chi connectivity index (χ4v) is 1.93. The van der Waals surface area contributed by atoms with E-state index in [1.807, 2.05) is 19.2 Å². The zero-order valence-electron chi connectivity index (χ0n) is 8.88. The number of hydrogen-bond acceptors (Lipinski definition) is 1. The molecular formula is C11H16BrNO. The molecule has 78 valence electrons. The molecule has 0 saturated heterocycles. The van der Waals surface area contributed by atoms with Gasteiger partial charge in [0.2, 0.25) is 0 Å². The highest BCUT2D eigenvalue weighted by Gasteiger charge is 2.05. The lowest BCUT2D eigenvalue weighted by Crippen LogP contribution is -2.24. The first-order valence-electron chi connectivity index (χ1n) is 4.91. The molecule has 2 nitrogen and oxygen atoms in total. The summed E-state index contributed by atoms with van der Waals surface area (Å²) in [6.45, 7) is 6.94. The van der Waals surface area contributed by atoms with E-state index in [0.29, 0.717) is 5.92 Å². The van der Waals surface area contributed by atoms with Crippen LogP contribution in [0.25, 0.3) is 0 Å². The zero-order valence-corrected chi connectivity index (χ0v) is 10.5. The van der Waals surface area contributed by atoms with Crippen molar-refractivity contribution in [1.82, 2.24) is 4.57 Å². The zero-order chi connectivity index (χ0) is 10.7. The summed E-state index contributed by atoms with van der Waals surface area (Å²) in [5.74, 6) is 0.543. The van der Waals surface area contributed by atoms with E-state index in [4.69, 9.17) is 0 Å². The van der Waals surface area contributed by atoms with Crippen LogP contribution in [0.5, 0.6) is 0 Å². The Bertz CT molecular complexity index is 370. The van der Waals surface area contributed by atoms with Gasteiger partial charge in [-0.15, -0.1) is 0 Å². The van der Waals surface area contributed by atoms with Crippen LogP contribution >= 0.6 is 15.9 Å². The Labute approximate surface area is 93.1 Å². The van der Waals surface area contributed by atoms with Gasteiger partial charge in [-0.3, -0.25) is 4.79 Å². The van der Waals surface area contributed by atoms with Crippen molar-refractivity contribution in [2.75, 3.05) is 0 Å². The van der Waals surface area contributed by atoms with Crippen molar-refractivity contribution in [3.63, 3.8) is 0 Å². The van der Waals surface area contributed by atoms with Crippen LogP contribution in [-0.4, -0.2) is 4.57 Å². The Morgan fingerprint density at radius 2 is 2.21 bits per heavy atom. The Hall–Kier alpha value is -0.570. The van der Waals surface area contributed by atoms with Gasteiger partial charge in [0.25, 0.3) is 5.56 Å². The number of halogens is 1. The Kier molecular flexibility index (Phi) is 3.93. The Balaban J connectivity index is 3.02. The fourth-order valence-electron chi connectivity index (χ4n) is 1.34. The van der Waals surface area contributed by atoms with Crippen molar-refractivity contribution in [3.8, 4) is 0 Å². The van der Waals surface area contributed by atoms with E-state index in [1.165, 1.54) is 0 Å². The second-order valence-corrected chi connectivity index (χ2v) is 4.73. The van der Waals surface area contributed by atoms with Crippen molar-refractivity contribution in [3.05, 3.63) is 32.7 Å². The summed E-state index contributed by atoms with van der Waals surface area (Å²) in [6, 6.07) is 1.86. The predicted octanol–water partition coefficient (Wildman–Crippen LogP) is 2.97. The SMILES string of the molecule is CCC(C)Cn1cc(Br)cc(C)c1=O. The highest BCUT2D eigenvalue weighted by molar-refractivity contribution is 9.10. The molecule has 0 radical (unpaired) electrons. The molecule has 0 aliphatic heterocycles. The summed E-state index contributed by atoms with van der Waals surface area (Å²) in [7, 11) is 0. The van der Waals surface area contributed by atoms with E-state index >= 15 is 0 Å². The third-order valence-electron chi connectivity index (χ3n) is 2.44. The van der Waals surface area contributed by atoms with Gasteiger partial charge in [-0.2, -0.15) is 0 Å². The monoisotopic (exact) mass is 257 g/mol. The molecule has 0 saturated carbocycles. The molecule has 3 heteroatoms. The van der Waals surface area contributed by atoms with Crippen LogP contribution in [0, 0.1) is 12.8 Å². The summed E-state index contributed by atoms with van der Waals surface area (Å²) in [5, 5.41) is 0. The van der Waals surface area contributed by atoms with Crippen LogP contribution in [0.1, 0.15) is 25.8 Å². The summed E-state index contributed by atoms with van der Waals surface area (Å²) in [4.78, 5) is 11.7. The number of aryl methyl sites for hydroxylation is 1. The van der Waals surface area contributed by atoms with Crippen molar-refractivity contribution < 1.29 is 0 Å². The minimum Gasteiger partial charge on any atom is -0.314 e. The van der Waals surface area contributed by atoms with Gasteiger partial charge in [-0.1, -0.05) is 20.3 Å². The highest BCUT2D eigenvalue weighted by atomic mass is 79.9. The maximum atomic E-state index is 11.7. The van der Waals surface area contributed by atoms with Crippen LogP contribution in [0.15, 0.2) is 21.5 Å². The molecule has 1 rings (SSSR count). The molecule has 1 heterocycles. The largest absolute Gasteiger partial charge is 0.314 e. The summed E-state index contributed by atoms with van der Waals surface area (Å²) in [5.41, 5.74) is 0.913. The molecule has 1 aromatic rings. The lowest BCUT2D eigenvalue weighted by Gasteiger charge is -2.12. The van der Waals surface area contributed by atoms with Crippen LogP contribution in [0.4, 0.5) is 0 Å². The molecule has 0 aliphatic carbocycles. The van der Waals surface area contributed by atoms with Gasteiger partial charge in [0.15, 0.2) is 0 Å². The molecule has 0 bridgehead atoms. The molecule has 1 atom stereocenters. The molecule has 1 unspecified atom stereocenters. The second kappa shape index (κ2) is 4.78. The normalized spacial score (nSPS) is 12.9. The maximum Gasteiger partial charge on any atom is 0.253 e. The smallest absolute Gasteiger partial charge is 0.253 e. The van der Waals surface area contributed by atoms with Crippen molar-refractivity contribution in [2.45, 2.75) is 33.7 Å². The number of pyridine rings is 1. The van der Waals surface area contributed by atoms with Gasteiger partial charge in [0, 0.05) is 22.8 Å². The van der Waals surface area contributed by atoms with Crippen molar-refractivity contribution in [1.29, 1.82) is 0 Å². The quantitative estimate of drug-likeness (QED) is 0.816. The van der Waals surface area contributed by atoms with Gasteiger partial charge in [0.05, 0.1) is 0 Å². The topological polar surface area (TPSA) is 22.0 Å². The lowest BCUT2D eigenvalue weighted by molar-refractivity contribution is 0.458. The minimum atomic E-state index is 0.119. The summed E-state index contributed by atoms with van der Waals surface area (Å²) >= 11 is 3.40. The van der Waals surface area contributed by atoms with E-state index in [1.54, 1.807) is 4.57 Å². The van der Waals surface area contributed by atoms with Crippen LogP contribution < -0.4 is 5.56 Å². The van der Waals surface area contributed by atoms with Gasteiger partial charge < -0.3 is 4.57 Å². The molecule has 14 heavy (non-hydrogen) atoms. The van der Waals surface area contributed by atoms with Crippen LogP contribution in [0.2, 0.25) is 0 Å². The van der Waals surface area contributed by atoms with Crippen LogP contribution in [-0.2, 0) is 6.54 Å². The van der Waals surface area contributed by atoms with E-state index in [2.05, 4.69) is 29.8 Å². The number of aromatic nitrogens is 1. The van der Waals surface area contributed by atoms with Crippen molar-refractivity contribution >= 4 is 15.9 Å². The second-order valence-electron chi connectivity index (χ2n) is 3.81. The van der Waals surface area contributed by atoms with Gasteiger partial charge in [-0.05, 0) is 34.8 Å². The summed E-state index contributed by atoms with van der Waals surface area (Å²) < 4.78 is 2.76. The molecule has 0 N–H and O–H groups in total. The fraction of sp³-hybridized carbons (Fsp3) is 0.545. The van der Waals surface area contributed by atoms with Gasteiger partial charge in [-0.25, -0.2) is 0 Å². The van der Waals surface area contributed by atoms with E-state index in [9.17, 15) is 4.79 Å². The first-order valence-corrected chi connectivity index (χ1v) is 5.70. The standard InChI is InChI=1S/C11H16BrNO/c1-4-8(2)6-13-7-10(12)5-9(3)11(13)14/h5,7-8H,4,6H2,1-3H3. The third kappa shape index (κ3) is 2.71. The molecule has 0 fully saturated rings. The first kappa shape index (κ1) is 11.5. The predicted molar refractivity (Wildman–Crippen MR) is 62.6 cm³/mol. The Morgan fingerprint density at radius 1 is 1.57 bits per heavy atom. The molecule has 0 aliphatic rings. The van der Waals surface area contributed by atoms with Crippen LogP contribution in [0.3, 0.4) is 0 Å². The van der Waals surface area contributed by atoms with E-state index in [0.717, 1.165) is 23.0 Å². The average Bonchev–Trinajstić information content (AvgIpc) is 2.13. The average molecular weight is 258 g/mol. The lowest BCUT2D eigenvalue weighted by atomic mass is 10.1. The maximum absolute atomic E-state index is 11.7. The number of rotatable bonds is 3. The number of hydrogen-bond donors (Lipinski definition) is 0. The first-order chi connectivity index (χ1) is 6.54.